The van der Waals surface area contributed by atoms with Crippen LogP contribution >= 0.6 is 11.6 Å². The Kier molecular flexibility index (Phi) is 7.36. The molecular formula is C27H24ClNO7. The molecule has 3 aromatic carbocycles. The number of aryl methyl sites for hydroxylation is 1. The third-order valence-electron chi connectivity index (χ3n) is 5.50. The number of amides is 1. The van der Waals surface area contributed by atoms with Crippen LogP contribution in [-0.4, -0.2) is 33.8 Å². The first kappa shape index (κ1) is 24.9. The second-order valence-corrected chi connectivity index (χ2v) is 8.20. The van der Waals surface area contributed by atoms with E-state index < -0.39 is 17.9 Å². The molecule has 4 rings (SSSR count). The van der Waals surface area contributed by atoms with Gasteiger partial charge in [0.05, 0.1) is 32.4 Å². The van der Waals surface area contributed by atoms with Gasteiger partial charge in [0.25, 0.3) is 5.91 Å². The predicted molar refractivity (Wildman–Crippen MR) is 138 cm³/mol. The van der Waals surface area contributed by atoms with Crippen molar-refractivity contribution in [3.05, 3.63) is 75.4 Å². The van der Waals surface area contributed by atoms with E-state index in [2.05, 4.69) is 5.32 Å². The fourth-order valence-corrected chi connectivity index (χ4v) is 3.83. The van der Waals surface area contributed by atoms with E-state index in [4.69, 9.17) is 35.0 Å². The van der Waals surface area contributed by atoms with Gasteiger partial charge < -0.3 is 28.7 Å². The van der Waals surface area contributed by atoms with Gasteiger partial charge in [0.1, 0.15) is 11.3 Å². The average molecular weight is 510 g/mol. The van der Waals surface area contributed by atoms with E-state index in [0.717, 1.165) is 5.56 Å². The monoisotopic (exact) mass is 509 g/mol. The number of hydrogen-bond donors (Lipinski definition) is 1. The summed E-state index contributed by atoms with van der Waals surface area (Å²) in [5.74, 6) is 0.951. The SMILES string of the molecule is COc1ccccc1NC(=O)COc1c(-c2ccc(OC)c(OC)c2)oc2cc(C)c(Cl)cc2c1=O. The number of carbonyl (C=O) groups is 1. The van der Waals surface area contributed by atoms with E-state index in [0.29, 0.717) is 39.1 Å². The number of nitrogens with one attached hydrogen (secondary N) is 1. The van der Waals surface area contributed by atoms with E-state index in [1.54, 1.807) is 48.5 Å². The smallest absolute Gasteiger partial charge is 0.262 e. The second-order valence-electron chi connectivity index (χ2n) is 7.79. The van der Waals surface area contributed by atoms with Gasteiger partial charge in [0.2, 0.25) is 11.2 Å². The molecule has 4 aromatic rings. The Balaban J connectivity index is 1.76. The van der Waals surface area contributed by atoms with Crippen LogP contribution in [-0.2, 0) is 4.79 Å². The first-order valence-corrected chi connectivity index (χ1v) is 11.3. The lowest BCUT2D eigenvalue weighted by Crippen LogP contribution is -2.23. The highest BCUT2D eigenvalue weighted by Gasteiger charge is 2.21. The molecular weight excluding hydrogens is 486 g/mol. The molecule has 0 fully saturated rings. The first-order valence-electron chi connectivity index (χ1n) is 10.9. The zero-order valence-electron chi connectivity index (χ0n) is 20.1. The van der Waals surface area contributed by atoms with Crippen molar-refractivity contribution >= 4 is 34.2 Å². The van der Waals surface area contributed by atoms with Crippen molar-refractivity contribution in [2.24, 2.45) is 0 Å². The summed E-state index contributed by atoms with van der Waals surface area (Å²) in [6.45, 7) is 1.36. The van der Waals surface area contributed by atoms with Crippen molar-refractivity contribution in [1.29, 1.82) is 0 Å². The number of ether oxygens (including phenoxy) is 4. The molecule has 0 saturated heterocycles. The van der Waals surface area contributed by atoms with Gasteiger partial charge in [0, 0.05) is 10.6 Å². The zero-order chi connectivity index (χ0) is 25.8. The zero-order valence-corrected chi connectivity index (χ0v) is 20.9. The van der Waals surface area contributed by atoms with Gasteiger partial charge >= 0.3 is 0 Å². The molecule has 0 aliphatic carbocycles. The van der Waals surface area contributed by atoms with Crippen molar-refractivity contribution in [2.45, 2.75) is 6.92 Å². The quantitative estimate of drug-likeness (QED) is 0.336. The van der Waals surface area contributed by atoms with Gasteiger partial charge in [-0.05, 0) is 55.0 Å². The lowest BCUT2D eigenvalue weighted by atomic mass is 10.1. The number of anilines is 1. The van der Waals surface area contributed by atoms with E-state index >= 15 is 0 Å². The number of benzene rings is 3. The van der Waals surface area contributed by atoms with Gasteiger partial charge in [-0.25, -0.2) is 0 Å². The van der Waals surface area contributed by atoms with Crippen LogP contribution in [0.15, 0.2) is 63.8 Å². The fourth-order valence-electron chi connectivity index (χ4n) is 3.67. The van der Waals surface area contributed by atoms with Crippen molar-refractivity contribution in [1.82, 2.24) is 0 Å². The molecule has 1 heterocycles. The molecule has 0 radical (unpaired) electrons. The molecule has 0 aliphatic rings. The largest absolute Gasteiger partial charge is 0.495 e. The van der Waals surface area contributed by atoms with Gasteiger partial charge in [-0.15, -0.1) is 0 Å². The van der Waals surface area contributed by atoms with E-state index in [9.17, 15) is 9.59 Å². The number of para-hydroxylation sites is 2. The number of halogens is 1. The van der Waals surface area contributed by atoms with Crippen molar-refractivity contribution in [3.8, 4) is 34.3 Å². The van der Waals surface area contributed by atoms with Crippen LogP contribution in [0.25, 0.3) is 22.3 Å². The summed E-state index contributed by atoms with van der Waals surface area (Å²) in [7, 11) is 4.53. The van der Waals surface area contributed by atoms with Crippen LogP contribution in [0, 0.1) is 6.92 Å². The maximum Gasteiger partial charge on any atom is 0.262 e. The Morgan fingerprint density at radius 2 is 1.67 bits per heavy atom. The topological polar surface area (TPSA) is 96.2 Å². The Morgan fingerprint density at radius 1 is 0.944 bits per heavy atom. The summed E-state index contributed by atoms with van der Waals surface area (Å²) in [6.07, 6.45) is 0. The number of hydrogen-bond acceptors (Lipinski definition) is 7. The lowest BCUT2D eigenvalue weighted by molar-refractivity contribution is -0.118. The maximum atomic E-state index is 13.5. The summed E-state index contributed by atoms with van der Waals surface area (Å²) in [5, 5.41) is 3.36. The number of fused-ring (bicyclic) bond motifs is 1. The third kappa shape index (κ3) is 4.94. The standard InChI is InChI=1S/C27H24ClNO7/c1-15-11-22-17(13-18(15)28)25(31)27(26(36-22)16-9-10-21(33-3)23(12-16)34-4)35-14-24(30)29-19-7-5-6-8-20(19)32-2/h5-13H,14H2,1-4H3,(H,29,30). The highest BCUT2D eigenvalue weighted by Crippen LogP contribution is 2.37. The molecule has 0 bridgehead atoms. The maximum absolute atomic E-state index is 13.5. The Hall–Kier alpha value is -4.17. The molecule has 0 unspecified atom stereocenters. The minimum Gasteiger partial charge on any atom is -0.495 e. The minimum absolute atomic E-state index is 0.134. The molecule has 186 valence electrons. The van der Waals surface area contributed by atoms with Gasteiger partial charge in [-0.2, -0.15) is 0 Å². The van der Waals surface area contributed by atoms with Crippen LogP contribution in [0.3, 0.4) is 0 Å². The molecule has 1 N–H and O–H groups in total. The van der Waals surface area contributed by atoms with Crippen LogP contribution in [0.1, 0.15) is 5.56 Å². The molecule has 36 heavy (non-hydrogen) atoms. The van der Waals surface area contributed by atoms with Crippen molar-refractivity contribution < 1.29 is 28.2 Å². The number of methoxy groups -OCH3 is 3. The third-order valence-corrected chi connectivity index (χ3v) is 5.91. The summed E-state index contributed by atoms with van der Waals surface area (Å²) in [6, 6.07) is 15.2. The molecule has 0 atom stereocenters. The van der Waals surface area contributed by atoms with E-state index in [-0.39, 0.29) is 16.9 Å². The van der Waals surface area contributed by atoms with Crippen LogP contribution in [0.2, 0.25) is 5.02 Å². The lowest BCUT2D eigenvalue weighted by Gasteiger charge is -2.14. The highest BCUT2D eigenvalue weighted by molar-refractivity contribution is 6.32. The molecule has 0 saturated carbocycles. The van der Waals surface area contributed by atoms with Crippen LogP contribution in [0.5, 0.6) is 23.0 Å². The molecule has 0 aliphatic heterocycles. The summed E-state index contributed by atoms with van der Waals surface area (Å²) in [4.78, 5) is 26.2. The normalized spacial score (nSPS) is 10.7. The van der Waals surface area contributed by atoms with Gasteiger partial charge in [-0.1, -0.05) is 23.7 Å². The average Bonchev–Trinajstić information content (AvgIpc) is 2.89. The summed E-state index contributed by atoms with van der Waals surface area (Å²) >= 11 is 6.26. The molecule has 0 spiro atoms. The van der Waals surface area contributed by atoms with Crippen molar-refractivity contribution in [3.63, 3.8) is 0 Å². The molecule has 9 heteroatoms. The number of rotatable bonds is 8. The summed E-state index contributed by atoms with van der Waals surface area (Å²) in [5.41, 5.74) is 1.59. The molecule has 1 amide bonds. The number of carbonyl (C=O) groups excluding carboxylic acids is 1. The van der Waals surface area contributed by atoms with E-state index in [1.165, 1.54) is 27.4 Å². The first-order chi connectivity index (χ1) is 17.4. The van der Waals surface area contributed by atoms with Gasteiger partial charge in [0.15, 0.2) is 23.9 Å². The Bertz CT molecular complexity index is 1500. The Morgan fingerprint density at radius 3 is 2.39 bits per heavy atom. The highest BCUT2D eigenvalue weighted by atomic mass is 35.5. The van der Waals surface area contributed by atoms with Crippen molar-refractivity contribution in [2.75, 3.05) is 33.3 Å². The minimum atomic E-state index is -0.487. The molecule has 1 aromatic heterocycles. The predicted octanol–water partition coefficient (Wildman–Crippen LogP) is 5.47. The molecule has 8 nitrogen and oxygen atoms in total. The summed E-state index contributed by atoms with van der Waals surface area (Å²) < 4.78 is 27.9. The van der Waals surface area contributed by atoms with Crippen LogP contribution < -0.4 is 29.7 Å². The second kappa shape index (κ2) is 10.6. The Labute approximate surface area is 212 Å². The van der Waals surface area contributed by atoms with E-state index in [1.807, 2.05) is 6.92 Å². The van der Waals surface area contributed by atoms with Gasteiger partial charge in [-0.3, -0.25) is 9.59 Å². The fraction of sp³-hybridized carbons (Fsp3) is 0.185. The van der Waals surface area contributed by atoms with Crippen LogP contribution in [0.4, 0.5) is 5.69 Å².